The van der Waals surface area contributed by atoms with Gasteiger partial charge in [-0.2, -0.15) is 0 Å². The summed E-state index contributed by atoms with van der Waals surface area (Å²) in [6, 6.07) is 63.2. The first-order chi connectivity index (χ1) is 27.0. The van der Waals surface area contributed by atoms with Crippen molar-refractivity contribution in [2.24, 2.45) is 0 Å². The lowest BCUT2D eigenvalue weighted by molar-refractivity contribution is 0.401. The molecule has 0 spiro atoms. The number of methoxy groups -OCH3 is 2. The van der Waals surface area contributed by atoms with Gasteiger partial charge in [-0.25, -0.2) is 0 Å². The smallest absolute Gasteiger partial charge is 0.126 e. The lowest BCUT2D eigenvalue weighted by atomic mass is 9.94. The molecule has 0 aliphatic heterocycles. The predicted molar refractivity (Wildman–Crippen MR) is 235 cm³/mol. The highest BCUT2D eigenvalue weighted by Gasteiger charge is 2.12. The van der Waals surface area contributed by atoms with Gasteiger partial charge in [-0.3, -0.25) is 0 Å². The minimum absolute atomic E-state index is 0.591. The number of hydrogen-bond donors (Lipinski definition) is 0. The third-order valence-electron chi connectivity index (χ3n) is 9.50. The van der Waals surface area contributed by atoms with Crippen LogP contribution in [0.4, 0.5) is 17.1 Å². The molecular weight excluding hydrogens is 671 g/mol. The molecule has 7 rings (SSSR count). The molecule has 0 aliphatic rings. The van der Waals surface area contributed by atoms with Crippen molar-refractivity contribution in [3.63, 3.8) is 0 Å². The molecule has 0 heterocycles. The Balaban J connectivity index is 0.000000286. The highest BCUT2D eigenvalue weighted by Crippen LogP contribution is 2.35. The third kappa shape index (κ3) is 10.7. The average molecular weight is 720 g/mol. The van der Waals surface area contributed by atoms with Crippen molar-refractivity contribution >= 4 is 41.4 Å². The van der Waals surface area contributed by atoms with E-state index in [2.05, 4.69) is 201 Å². The highest BCUT2D eigenvalue weighted by molar-refractivity contribution is 5.80. The fourth-order valence-corrected chi connectivity index (χ4v) is 6.46. The van der Waals surface area contributed by atoms with E-state index in [4.69, 9.17) is 9.47 Å². The second-order valence-electron chi connectivity index (χ2n) is 13.5. The Kier molecular flexibility index (Phi) is 13.5. The molecule has 0 saturated carbocycles. The van der Waals surface area contributed by atoms with Gasteiger partial charge in [-0.05, 0) is 90.0 Å². The Bertz CT molecular complexity index is 2210. The summed E-state index contributed by atoms with van der Waals surface area (Å²) >= 11 is 0. The van der Waals surface area contributed by atoms with Crippen molar-refractivity contribution in [1.29, 1.82) is 0 Å². The van der Waals surface area contributed by atoms with Crippen molar-refractivity contribution in [3.8, 4) is 11.5 Å². The summed E-state index contributed by atoms with van der Waals surface area (Å²) in [6.07, 6.45) is 9.42. The monoisotopic (exact) mass is 719 g/mol. The van der Waals surface area contributed by atoms with E-state index in [0.29, 0.717) is 5.92 Å². The van der Waals surface area contributed by atoms with Crippen molar-refractivity contribution < 1.29 is 9.47 Å². The van der Waals surface area contributed by atoms with Crippen LogP contribution in [0, 0.1) is 6.92 Å². The lowest BCUT2D eigenvalue weighted by Crippen LogP contribution is -2.09. The molecule has 3 nitrogen and oxygen atoms in total. The SMILES string of the molecule is CC(Cc1ccccc1)c1ccccc1.COc1cc(/C=C/c2ccc(N(c3ccccc3)c3ccccc3)cc2)c(OC)cc1/C=C/c1ccc(C)cc1. The molecule has 0 saturated heterocycles. The summed E-state index contributed by atoms with van der Waals surface area (Å²) in [5.74, 6) is 2.17. The number of hydrogen-bond acceptors (Lipinski definition) is 3. The molecule has 0 N–H and O–H groups in total. The lowest BCUT2D eigenvalue weighted by Gasteiger charge is -2.25. The van der Waals surface area contributed by atoms with Crippen molar-refractivity contribution in [1.82, 2.24) is 0 Å². The zero-order chi connectivity index (χ0) is 38.2. The Labute approximate surface area is 327 Å². The van der Waals surface area contributed by atoms with Gasteiger partial charge in [0.1, 0.15) is 11.5 Å². The standard InChI is InChI=1S/C37H33NO2.C15H16/c1-28-14-16-29(17-15-28)18-22-31-26-37(40-3)32(27-36(31)39-2)23-19-30-20-24-35(25-21-30)38(33-10-6-4-7-11-33)34-12-8-5-9-13-34;1-13(15-10-6-3-7-11-15)12-14-8-4-2-5-9-14/h4-27H,1-3H3;2-11,13H,12H2,1H3/b22-18+,23-19+;. The highest BCUT2D eigenvalue weighted by atomic mass is 16.5. The molecule has 274 valence electrons. The molecule has 1 atom stereocenters. The van der Waals surface area contributed by atoms with E-state index in [1.165, 1.54) is 16.7 Å². The number of aryl methyl sites for hydroxylation is 1. The second-order valence-corrected chi connectivity index (χ2v) is 13.5. The van der Waals surface area contributed by atoms with E-state index in [1.807, 2.05) is 24.3 Å². The fourth-order valence-electron chi connectivity index (χ4n) is 6.46. The molecule has 0 aliphatic carbocycles. The number of nitrogens with zero attached hydrogens (tertiary/aromatic N) is 1. The molecule has 3 heteroatoms. The van der Waals surface area contributed by atoms with Gasteiger partial charge >= 0.3 is 0 Å². The molecular formula is C52H49NO2. The first kappa shape index (κ1) is 38.2. The van der Waals surface area contributed by atoms with Gasteiger partial charge < -0.3 is 14.4 Å². The minimum atomic E-state index is 0.591. The largest absolute Gasteiger partial charge is 0.496 e. The summed E-state index contributed by atoms with van der Waals surface area (Å²) in [5, 5.41) is 0. The quantitative estimate of drug-likeness (QED) is 0.117. The van der Waals surface area contributed by atoms with E-state index in [1.54, 1.807) is 14.2 Å². The summed E-state index contributed by atoms with van der Waals surface area (Å²) in [4.78, 5) is 2.25. The number of ether oxygens (including phenoxy) is 2. The van der Waals surface area contributed by atoms with Crippen LogP contribution in [0.5, 0.6) is 11.5 Å². The number of benzene rings is 7. The van der Waals surface area contributed by atoms with Crippen LogP contribution in [0.25, 0.3) is 24.3 Å². The molecule has 7 aromatic rings. The van der Waals surface area contributed by atoms with E-state index < -0.39 is 0 Å². The van der Waals surface area contributed by atoms with E-state index >= 15 is 0 Å². The predicted octanol–water partition coefficient (Wildman–Crippen LogP) is 13.9. The van der Waals surface area contributed by atoms with E-state index in [-0.39, 0.29) is 0 Å². The summed E-state index contributed by atoms with van der Waals surface area (Å²) in [6.45, 7) is 4.37. The van der Waals surface area contributed by atoms with Gasteiger partial charge in [0.15, 0.2) is 0 Å². The van der Waals surface area contributed by atoms with Crippen LogP contribution in [0.3, 0.4) is 0 Å². The van der Waals surface area contributed by atoms with Crippen LogP contribution < -0.4 is 14.4 Å². The second kappa shape index (κ2) is 19.5. The molecule has 0 aromatic heterocycles. The normalized spacial score (nSPS) is 11.5. The average Bonchev–Trinajstić information content (AvgIpc) is 3.25. The fraction of sp³-hybridized carbons (Fsp3) is 0.115. The molecule has 0 bridgehead atoms. The topological polar surface area (TPSA) is 21.7 Å². The van der Waals surface area contributed by atoms with Gasteiger partial charge in [0.25, 0.3) is 0 Å². The number of anilines is 3. The Hall–Kier alpha value is -6.58. The molecule has 0 fully saturated rings. The zero-order valence-corrected chi connectivity index (χ0v) is 32.2. The maximum atomic E-state index is 5.74. The Morgan fingerprint density at radius 1 is 0.473 bits per heavy atom. The Morgan fingerprint density at radius 2 is 0.873 bits per heavy atom. The van der Waals surface area contributed by atoms with Crippen LogP contribution in [0.15, 0.2) is 182 Å². The third-order valence-corrected chi connectivity index (χ3v) is 9.50. The summed E-state index contributed by atoms with van der Waals surface area (Å²) in [5.41, 5.74) is 11.5. The zero-order valence-electron chi connectivity index (χ0n) is 32.2. The molecule has 0 amide bonds. The van der Waals surface area contributed by atoms with Gasteiger partial charge in [-0.15, -0.1) is 0 Å². The maximum Gasteiger partial charge on any atom is 0.126 e. The molecule has 55 heavy (non-hydrogen) atoms. The molecule has 7 aromatic carbocycles. The summed E-state index contributed by atoms with van der Waals surface area (Å²) < 4.78 is 11.5. The van der Waals surface area contributed by atoms with Crippen molar-refractivity contribution in [2.45, 2.75) is 26.2 Å². The number of para-hydroxylation sites is 2. The van der Waals surface area contributed by atoms with Crippen molar-refractivity contribution in [3.05, 3.63) is 221 Å². The van der Waals surface area contributed by atoms with Crippen LogP contribution in [-0.4, -0.2) is 14.2 Å². The number of rotatable bonds is 12. The van der Waals surface area contributed by atoms with Gasteiger partial charge in [0.05, 0.1) is 14.2 Å². The van der Waals surface area contributed by atoms with Gasteiger partial charge in [-0.1, -0.05) is 170 Å². The van der Waals surface area contributed by atoms with Crippen LogP contribution >= 0.6 is 0 Å². The first-order valence-corrected chi connectivity index (χ1v) is 18.8. The van der Waals surface area contributed by atoms with Gasteiger partial charge in [0, 0.05) is 28.2 Å². The van der Waals surface area contributed by atoms with E-state index in [0.717, 1.165) is 57.2 Å². The van der Waals surface area contributed by atoms with Crippen molar-refractivity contribution in [2.75, 3.05) is 19.1 Å². The maximum absolute atomic E-state index is 5.74. The molecule has 0 radical (unpaired) electrons. The first-order valence-electron chi connectivity index (χ1n) is 18.8. The molecule has 1 unspecified atom stereocenters. The van der Waals surface area contributed by atoms with Crippen LogP contribution in [0.1, 0.15) is 51.8 Å². The minimum Gasteiger partial charge on any atom is -0.496 e. The van der Waals surface area contributed by atoms with Crippen LogP contribution in [0.2, 0.25) is 0 Å². The van der Waals surface area contributed by atoms with Crippen LogP contribution in [-0.2, 0) is 6.42 Å². The Morgan fingerprint density at radius 3 is 1.33 bits per heavy atom. The summed E-state index contributed by atoms with van der Waals surface area (Å²) in [7, 11) is 3.39. The van der Waals surface area contributed by atoms with E-state index in [9.17, 15) is 0 Å². The van der Waals surface area contributed by atoms with Gasteiger partial charge in [0.2, 0.25) is 0 Å².